The zero-order valence-corrected chi connectivity index (χ0v) is 9.70. The van der Waals surface area contributed by atoms with Crippen LogP contribution >= 0.6 is 0 Å². The molecule has 0 saturated heterocycles. The maximum Gasteiger partial charge on any atom is 0.119 e. The summed E-state index contributed by atoms with van der Waals surface area (Å²) in [5, 5.41) is 10.6. The minimum Gasteiger partial charge on any atom is -0.497 e. The summed E-state index contributed by atoms with van der Waals surface area (Å²) in [5.41, 5.74) is 7.00. The quantitative estimate of drug-likeness (QED) is 0.745. The van der Waals surface area contributed by atoms with E-state index < -0.39 is 5.60 Å². The number of nitrogens with two attached hydrogens (primary N) is 1. The van der Waals surface area contributed by atoms with Crippen LogP contribution in [0.1, 0.15) is 30.4 Å². The number of methoxy groups -OCH3 is 1. The number of benzene rings is 1. The molecule has 0 heterocycles. The van der Waals surface area contributed by atoms with E-state index in [1.54, 1.807) is 7.11 Å². The molecule has 0 spiro atoms. The van der Waals surface area contributed by atoms with Gasteiger partial charge in [0.1, 0.15) is 11.4 Å². The predicted octanol–water partition coefficient (Wildman–Crippen LogP) is 1.57. The lowest BCUT2D eigenvalue weighted by molar-refractivity contribution is 0.0360. The van der Waals surface area contributed by atoms with Gasteiger partial charge in [-0.2, -0.15) is 0 Å². The van der Waals surface area contributed by atoms with Crippen molar-refractivity contribution in [3.8, 4) is 5.75 Å². The number of hydrogen-bond acceptors (Lipinski definition) is 3. The van der Waals surface area contributed by atoms with Crippen LogP contribution in [0.25, 0.3) is 0 Å². The summed E-state index contributed by atoms with van der Waals surface area (Å²) in [4.78, 5) is 0. The van der Waals surface area contributed by atoms with E-state index >= 15 is 0 Å². The van der Waals surface area contributed by atoms with Crippen LogP contribution in [-0.2, 0) is 12.0 Å². The van der Waals surface area contributed by atoms with E-state index in [9.17, 15) is 5.11 Å². The molecule has 0 fully saturated rings. The van der Waals surface area contributed by atoms with Crippen molar-refractivity contribution < 1.29 is 9.84 Å². The third kappa shape index (κ3) is 1.93. The lowest BCUT2D eigenvalue weighted by atomic mass is 9.88. The highest BCUT2D eigenvalue weighted by Gasteiger charge is 2.31. The molecule has 0 radical (unpaired) electrons. The van der Waals surface area contributed by atoms with Crippen molar-refractivity contribution in [2.24, 2.45) is 5.73 Å². The monoisotopic (exact) mass is 221 g/mol. The number of aryl methyl sites for hydroxylation is 1. The molecule has 1 aliphatic rings. The third-order valence-corrected chi connectivity index (χ3v) is 3.44. The molecule has 1 aliphatic carbocycles. The predicted molar refractivity (Wildman–Crippen MR) is 63.5 cm³/mol. The molecule has 1 aromatic carbocycles. The van der Waals surface area contributed by atoms with Gasteiger partial charge in [0, 0.05) is 6.54 Å². The Morgan fingerprint density at radius 2 is 2.25 bits per heavy atom. The Labute approximate surface area is 96.2 Å². The van der Waals surface area contributed by atoms with Gasteiger partial charge >= 0.3 is 0 Å². The van der Waals surface area contributed by atoms with Crippen LogP contribution in [0.15, 0.2) is 18.2 Å². The molecule has 1 unspecified atom stereocenters. The van der Waals surface area contributed by atoms with Gasteiger partial charge < -0.3 is 15.6 Å². The second-order valence-corrected chi connectivity index (χ2v) is 4.47. The number of fused-ring (bicyclic) bond motifs is 1. The number of aliphatic hydroxyl groups is 1. The summed E-state index contributed by atoms with van der Waals surface area (Å²) in [7, 11) is 1.64. The van der Waals surface area contributed by atoms with Crippen LogP contribution in [0.4, 0.5) is 0 Å². The fourth-order valence-electron chi connectivity index (χ4n) is 2.41. The Morgan fingerprint density at radius 1 is 1.44 bits per heavy atom. The van der Waals surface area contributed by atoms with Crippen molar-refractivity contribution in [1.29, 1.82) is 0 Å². The molecule has 0 aromatic heterocycles. The first-order chi connectivity index (χ1) is 7.69. The fraction of sp³-hybridized carbons (Fsp3) is 0.538. The van der Waals surface area contributed by atoms with Crippen molar-refractivity contribution in [2.75, 3.05) is 13.7 Å². The summed E-state index contributed by atoms with van der Waals surface area (Å²) in [6, 6.07) is 5.91. The Hall–Kier alpha value is -1.06. The minimum absolute atomic E-state index is 0.271. The lowest BCUT2D eigenvalue weighted by Gasteiger charge is -2.27. The van der Waals surface area contributed by atoms with E-state index in [0.29, 0.717) is 0 Å². The van der Waals surface area contributed by atoms with Crippen LogP contribution in [0.2, 0.25) is 0 Å². The van der Waals surface area contributed by atoms with Gasteiger partial charge in [0.15, 0.2) is 0 Å². The zero-order chi connectivity index (χ0) is 11.6. The van der Waals surface area contributed by atoms with E-state index in [-0.39, 0.29) is 6.54 Å². The Bertz CT molecular complexity index is 378. The van der Waals surface area contributed by atoms with Crippen LogP contribution < -0.4 is 10.5 Å². The zero-order valence-electron chi connectivity index (χ0n) is 9.70. The molecule has 0 bridgehead atoms. The first-order valence-electron chi connectivity index (χ1n) is 5.79. The van der Waals surface area contributed by atoms with Crippen molar-refractivity contribution in [2.45, 2.75) is 31.3 Å². The molecule has 3 nitrogen and oxygen atoms in total. The highest BCUT2D eigenvalue weighted by atomic mass is 16.5. The fourth-order valence-corrected chi connectivity index (χ4v) is 2.41. The molecule has 0 amide bonds. The van der Waals surface area contributed by atoms with E-state index in [0.717, 1.165) is 37.0 Å². The van der Waals surface area contributed by atoms with E-state index in [4.69, 9.17) is 10.5 Å². The van der Waals surface area contributed by atoms with Gasteiger partial charge in [-0.1, -0.05) is 6.07 Å². The smallest absolute Gasteiger partial charge is 0.119 e. The average Bonchev–Trinajstić information content (AvgIpc) is 2.49. The summed E-state index contributed by atoms with van der Waals surface area (Å²) in [5.74, 6) is 0.785. The maximum atomic E-state index is 10.6. The molecule has 3 N–H and O–H groups in total. The first-order valence-corrected chi connectivity index (χ1v) is 5.79. The van der Waals surface area contributed by atoms with Gasteiger partial charge in [-0.15, -0.1) is 0 Å². The average molecular weight is 221 g/mol. The summed E-state index contributed by atoms with van der Waals surface area (Å²) in [6.45, 7) is 0.271. The maximum absolute atomic E-state index is 10.6. The SMILES string of the molecule is COc1ccc2c(c1)C(O)(CN)CCCC2. The molecular formula is C13H19NO2. The van der Waals surface area contributed by atoms with Gasteiger partial charge in [0.25, 0.3) is 0 Å². The second-order valence-electron chi connectivity index (χ2n) is 4.47. The number of hydrogen-bond donors (Lipinski definition) is 2. The molecule has 0 aliphatic heterocycles. The van der Waals surface area contributed by atoms with E-state index in [1.165, 1.54) is 5.56 Å². The standard InChI is InChI=1S/C13H19NO2/c1-16-11-6-5-10-4-2-3-7-13(15,9-14)12(10)8-11/h5-6,8,15H,2-4,7,9,14H2,1H3. The van der Waals surface area contributed by atoms with Crippen LogP contribution in [-0.4, -0.2) is 18.8 Å². The second kappa shape index (κ2) is 4.44. The molecule has 16 heavy (non-hydrogen) atoms. The molecule has 1 aromatic rings. The van der Waals surface area contributed by atoms with Gasteiger partial charge in [0.05, 0.1) is 7.11 Å². The Kier molecular flexibility index (Phi) is 3.17. The molecular weight excluding hydrogens is 202 g/mol. The van der Waals surface area contributed by atoms with Gasteiger partial charge in [-0.25, -0.2) is 0 Å². The van der Waals surface area contributed by atoms with E-state index in [2.05, 4.69) is 0 Å². The third-order valence-electron chi connectivity index (χ3n) is 3.44. The molecule has 2 rings (SSSR count). The Balaban J connectivity index is 2.49. The van der Waals surface area contributed by atoms with Gasteiger partial charge in [-0.3, -0.25) is 0 Å². The van der Waals surface area contributed by atoms with Crippen LogP contribution in [0, 0.1) is 0 Å². The van der Waals surface area contributed by atoms with Crippen molar-refractivity contribution >= 4 is 0 Å². The van der Waals surface area contributed by atoms with Crippen LogP contribution in [0.3, 0.4) is 0 Å². The largest absolute Gasteiger partial charge is 0.497 e. The summed E-state index contributed by atoms with van der Waals surface area (Å²) < 4.78 is 5.21. The summed E-state index contributed by atoms with van der Waals surface area (Å²) >= 11 is 0. The highest BCUT2D eigenvalue weighted by molar-refractivity contribution is 5.40. The topological polar surface area (TPSA) is 55.5 Å². The molecule has 3 heteroatoms. The first kappa shape index (κ1) is 11.4. The molecule has 1 atom stereocenters. The van der Waals surface area contributed by atoms with E-state index in [1.807, 2.05) is 18.2 Å². The van der Waals surface area contributed by atoms with Crippen molar-refractivity contribution in [1.82, 2.24) is 0 Å². The highest BCUT2D eigenvalue weighted by Crippen LogP contribution is 2.35. The van der Waals surface area contributed by atoms with Crippen molar-refractivity contribution in [3.63, 3.8) is 0 Å². The minimum atomic E-state index is -0.875. The van der Waals surface area contributed by atoms with Gasteiger partial charge in [0.2, 0.25) is 0 Å². The molecule has 88 valence electrons. The molecule has 0 saturated carbocycles. The number of rotatable bonds is 2. The lowest BCUT2D eigenvalue weighted by Crippen LogP contribution is -2.35. The van der Waals surface area contributed by atoms with Crippen molar-refractivity contribution in [3.05, 3.63) is 29.3 Å². The Morgan fingerprint density at radius 3 is 2.94 bits per heavy atom. The van der Waals surface area contributed by atoms with Gasteiger partial charge in [-0.05, 0) is 48.9 Å². The number of ether oxygens (including phenoxy) is 1. The van der Waals surface area contributed by atoms with Crippen LogP contribution in [0.5, 0.6) is 5.75 Å². The summed E-state index contributed by atoms with van der Waals surface area (Å²) in [6.07, 6.45) is 3.89. The normalized spacial score (nSPS) is 24.7.